The molecule has 3 aliphatic carbocycles. The predicted octanol–water partition coefficient (Wildman–Crippen LogP) is 11.1. The summed E-state index contributed by atoms with van der Waals surface area (Å²) in [7, 11) is 0. The number of fused-ring (bicyclic) bond motifs is 3. The molecule has 0 radical (unpaired) electrons. The molecule has 0 saturated heterocycles. The van der Waals surface area contributed by atoms with Gasteiger partial charge >= 0.3 is 0 Å². The first-order valence-electron chi connectivity index (χ1n) is 16.5. The summed E-state index contributed by atoms with van der Waals surface area (Å²) in [5.41, 5.74) is 13.0. The number of para-hydroxylation sites is 1. The lowest BCUT2D eigenvalue weighted by Gasteiger charge is -2.35. The Morgan fingerprint density at radius 1 is 0.935 bits per heavy atom. The molecule has 0 aliphatic heterocycles. The van der Waals surface area contributed by atoms with Gasteiger partial charge in [0, 0.05) is 51.1 Å². The number of hydrogen-bond donors (Lipinski definition) is 1. The Hall–Kier alpha value is -5.07. The van der Waals surface area contributed by atoms with Crippen LogP contribution < -0.4 is 5.32 Å². The smallest absolute Gasteiger partial charge is 0.0991 e. The molecule has 0 bridgehead atoms. The Morgan fingerprint density at radius 3 is 2.52 bits per heavy atom. The molecular weight excluding hydrogens is 558 g/mol. The van der Waals surface area contributed by atoms with Gasteiger partial charge in [0.2, 0.25) is 0 Å². The van der Waals surface area contributed by atoms with Gasteiger partial charge < -0.3 is 9.88 Å². The molecule has 3 unspecified atom stereocenters. The normalized spacial score (nSPS) is 21.9. The molecule has 1 N–H and O–H groups in total. The van der Waals surface area contributed by atoms with E-state index in [1.165, 1.54) is 33.8 Å². The van der Waals surface area contributed by atoms with E-state index in [1.54, 1.807) is 0 Å². The molecule has 0 saturated carbocycles. The van der Waals surface area contributed by atoms with Crippen molar-refractivity contribution in [1.29, 1.82) is 5.26 Å². The van der Waals surface area contributed by atoms with Crippen molar-refractivity contribution < 1.29 is 0 Å². The van der Waals surface area contributed by atoms with Gasteiger partial charge in [-0.25, -0.2) is 0 Å². The van der Waals surface area contributed by atoms with E-state index in [4.69, 9.17) is 0 Å². The van der Waals surface area contributed by atoms with Crippen molar-refractivity contribution in [3.8, 4) is 11.8 Å². The number of hydrogen-bond acceptors (Lipinski definition) is 2. The van der Waals surface area contributed by atoms with Gasteiger partial charge in [-0.2, -0.15) is 5.26 Å². The van der Waals surface area contributed by atoms with Gasteiger partial charge in [0.05, 0.1) is 17.7 Å². The zero-order chi connectivity index (χ0) is 31.8. The maximum Gasteiger partial charge on any atom is 0.0991 e. The van der Waals surface area contributed by atoms with Crippen molar-refractivity contribution in [3.63, 3.8) is 0 Å². The van der Waals surface area contributed by atoms with Crippen LogP contribution >= 0.6 is 0 Å². The molecule has 3 aliphatic rings. The number of anilines is 1. The Kier molecular flexibility index (Phi) is 7.75. The van der Waals surface area contributed by atoms with Crippen molar-refractivity contribution in [2.24, 2.45) is 5.41 Å². The zero-order valence-corrected chi connectivity index (χ0v) is 27.0. The van der Waals surface area contributed by atoms with E-state index in [0.717, 1.165) is 41.6 Å². The molecule has 0 spiro atoms. The summed E-state index contributed by atoms with van der Waals surface area (Å²) in [6.45, 7) is 11.8. The van der Waals surface area contributed by atoms with Crippen LogP contribution in [0, 0.1) is 16.7 Å². The van der Waals surface area contributed by atoms with Gasteiger partial charge in [-0.05, 0) is 72.4 Å². The minimum absolute atomic E-state index is 0.0565. The van der Waals surface area contributed by atoms with Gasteiger partial charge in [-0.15, -0.1) is 0 Å². The van der Waals surface area contributed by atoms with E-state index in [-0.39, 0.29) is 11.5 Å². The number of benzene rings is 3. The highest BCUT2D eigenvalue weighted by Crippen LogP contribution is 2.50. The SMILES string of the molecule is C=C(c1cccc(-n2c3c(c4c2[C@H](C)CC(C2(C)C=CC=CC2)=C4)C=CCC3C)c1)C(Nc1ccccc1)c1cccc(C#N)c1. The minimum atomic E-state index is -0.206. The highest BCUT2D eigenvalue weighted by atomic mass is 15.0. The van der Waals surface area contributed by atoms with E-state index in [2.05, 4.69) is 128 Å². The van der Waals surface area contributed by atoms with Crippen LogP contribution in [-0.4, -0.2) is 4.57 Å². The maximum atomic E-state index is 9.66. The topological polar surface area (TPSA) is 40.8 Å². The average molecular weight is 600 g/mol. The fourth-order valence-electron chi connectivity index (χ4n) is 7.62. The summed E-state index contributed by atoms with van der Waals surface area (Å²) in [6, 6.07) is 29.1. The Labute approximate surface area is 273 Å². The van der Waals surface area contributed by atoms with Gasteiger partial charge in [0.25, 0.3) is 0 Å². The Bertz CT molecular complexity index is 1980. The standard InChI is InChI=1S/C43H41N3/c1-29-14-11-21-38-39-27-35(43(4)22-9-6-10-23-43)24-30(2)42(39)46(41(29)38)37-20-13-16-33(26-37)31(3)40(45-36-18-7-5-8-19-36)34-17-12-15-32(25-34)28-44/h5-13,15-22,25-27,29-30,40,45H,3,14,23-24H2,1-2,4H3/t29?,30-,40?,43?/m1/s1. The predicted molar refractivity (Wildman–Crippen MR) is 193 cm³/mol. The molecule has 7 rings (SSSR count). The van der Waals surface area contributed by atoms with E-state index >= 15 is 0 Å². The summed E-state index contributed by atoms with van der Waals surface area (Å²) in [5, 5.41) is 13.4. The maximum absolute atomic E-state index is 9.66. The second-order valence-corrected chi connectivity index (χ2v) is 13.4. The third kappa shape index (κ3) is 5.29. The molecule has 4 atom stereocenters. The molecule has 3 aromatic carbocycles. The van der Waals surface area contributed by atoms with Crippen molar-refractivity contribution in [3.05, 3.63) is 161 Å². The largest absolute Gasteiger partial charge is 0.374 e. The first kappa shape index (κ1) is 29.6. The second-order valence-electron chi connectivity index (χ2n) is 13.4. The lowest BCUT2D eigenvalue weighted by Crippen LogP contribution is -2.22. The van der Waals surface area contributed by atoms with E-state index in [0.29, 0.717) is 17.4 Å². The number of nitrogens with zero attached hydrogens (tertiary/aromatic N) is 2. The fourth-order valence-corrected chi connectivity index (χ4v) is 7.62. The molecule has 3 nitrogen and oxygen atoms in total. The molecule has 0 fully saturated rings. The van der Waals surface area contributed by atoms with Crippen LogP contribution in [0.15, 0.2) is 121 Å². The van der Waals surface area contributed by atoms with Gasteiger partial charge in [0.15, 0.2) is 0 Å². The van der Waals surface area contributed by atoms with E-state index in [9.17, 15) is 5.26 Å². The van der Waals surface area contributed by atoms with Gasteiger partial charge in [-0.3, -0.25) is 0 Å². The number of rotatable bonds is 7. The Balaban J connectivity index is 1.34. The highest BCUT2D eigenvalue weighted by Gasteiger charge is 2.36. The van der Waals surface area contributed by atoms with Gasteiger partial charge in [0.1, 0.15) is 0 Å². The molecule has 1 heterocycles. The summed E-state index contributed by atoms with van der Waals surface area (Å²) < 4.78 is 2.57. The number of nitriles is 1. The van der Waals surface area contributed by atoms with E-state index in [1.807, 2.05) is 36.4 Å². The molecule has 0 amide bonds. The quantitative estimate of drug-likeness (QED) is 0.230. The van der Waals surface area contributed by atoms with Crippen LogP contribution in [0.5, 0.6) is 0 Å². The van der Waals surface area contributed by atoms with Crippen molar-refractivity contribution in [1.82, 2.24) is 4.57 Å². The van der Waals surface area contributed by atoms with Crippen LogP contribution in [-0.2, 0) is 0 Å². The molecule has 228 valence electrons. The van der Waals surface area contributed by atoms with Crippen molar-refractivity contribution in [2.75, 3.05) is 5.32 Å². The lowest BCUT2D eigenvalue weighted by molar-refractivity contribution is 0.479. The molecule has 4 aromatic rings. The third-order valence-electron chi connectivity index (χ3n) is 10.1. The summed E-state index contributed by atoms with van der Waals surface area (Å²) in [6.07, 6.45) is 19.4. The number of aromatic nitrogens is 1. The number of nitrogens with one attached hydrogen (secondary N) is 1. The zero-order valence-electron chi connectivity index (χ0n) is 27.0. The van der Waals surface area contributed by atoms with E-state index < -0.39 is 0 Å². The first-order valence-corrected chi connectivity index (χ1v) is 16.5. The monoisotopic (exact) mass is 599 g/mol. The lowest BCUT2D eigenvalue weighted by atomic mass is 9.70. The van der Waals surface area contributed by atoms with Crippen LogP contribution in [0.1, 0.15) is 97.1 Å². The van der Waals surface area contributed by atoms with Crippen LogP contribution in [0.25, 0.3) is 23.4 Å². The first-order chi connectivity index (χ1) is 22.4. The number of allylic oxidation sites excluding steroid dienone is 6. The summed E-state index contributed by atoms with van der Waals surface area (Å²) >= 11 is 0. The summed E-state index contributed by atoms with van der Waals surface area (Å²) in [5.74, 6) is 0.793. The van der Waals surface area contributed by atoms with Gasteiger partial charge in [-0.1, -0.05) is 118 Å². The van der Waals surface area contributed by atoms with Crippen LogP contribution in [0.2, 0.25) is 0 Å². The highest BCUT2D eigenvalue weighted by molar-refractivity contribution is 5.78. The third-order valence-corrected chi connectivity index (χ3v) is 10.1. The molecular formula is C43H41N3. The molecule has 3 heteroatoms. The average Bonchev–Trinajstić information content (AvgIpc) is 3.44. The van der Waals surface area contributed by atoms with Crippen LogP contribution in [0.3, 0.4) is 0 Å². The fraction of sp³-hybridized carbons (Fsp3) is 0.233. The molecule has 1 aromatic heterocycles. The molecule has 46 heavy (non-hydrogen) atoms. The summed E-state index contributed by atoms with van der Waals surface area (Å²) in [4.78, 5) is 0. The van der Waals surface area contributed by atoms with Crippen molar-refractivity contribution >= 4 is 23.4 Å². The van der Waals surface area contributed by atoms with Crippen molar-refractivity contribution in [2.45, 2.75) is 57.9 Å². The minimum Gasteiger partial charge on any atom is -0.374 e. The second kappa shape index (κ2) is 12.0. The Morgan fingerprint density at radius 2 is 1.74 bits per heavy atom. The van der Waals surface area contributed by atoms with Crippen LogP contribution in [0.4, 0.5) is 5.69 Å².